The number of rotatable bonds is 10. The van der Waals surface area contributed by atoms with Crippen LogP contribution in [0.25, 0.3) is 0 Å². The van der Waals surface area contributed by atoms with E-state index >= 15 is 0 Å². The van der Waals surface area contributed by atoms with Crippen molar-refractivity contribution < 1.29 is 24.3 Å². The average molecular weight is 521 g/mol. The van der Waals surface area contributed by atoms with Crippen LogP contribution >= 0.6 is 0 Å². The number of carboxylic acids is 1. The Balaban J connectivity index is 1.44. The lowest BCUT2D eigenvalue weighted by atomic mass is 10.0. The molecule has 0 saturated carbocycles. The van der Waals surface area contributed by atoms with Gasteiger partial charge in [0.2, 0.25) is 17.7 Å². The Hall–Kier alpha value is -3.72. The molecule has 0 aliphatic carbocycles. The largest absolute Gasteiger partial charge is 0.480 e. The van der Waals surface area contributed by atoms with Gasteiger partial charge in [0.15, 0.2) is 0 Å². The van der Waals surface area contributed by atoms with Crippen molar-refractivity contribution in [1.82, 2.24) is 15.1 Å². The van der Waals surface area contributed by atoms with E-state index in [1.807, 2.05) is 60.7 Å². The Morgan fingerprint density at radius 2 is 1.39 bits per heavy atom. The number of amides is 3. The van der Waals surface area contributed by atoms with E-state index in [4.69, 9.17) is 5.73 Å². The highest BCUT2D eigenvalue weighted by Crippen LogP contribution is 2.26. The highest BCUT2D eigenvalue weighted by atomic mass is 16.4. The van der Waals surface area contributed by atoms with Crippen LogP contribution in [0.1, 0.15) is 43.2 Å². The van der Waals surface area contributed by atoms with Crippen molar-refractivity contribution in [1.29, 1.82) is 0 Å². The van der Waals surface area contributed by atoms with Crippen LogP contribution in [0.2, 0.25) is 0 Å². The number of likely N-dealkylation sites (tertiary alicyclic amines) is 2. The van der Waals surface area contributed by atoms with Crippen LogP contribution in [0.4, 0.5) is 0 Å². The molecule has 2 aliphatic heterocycles. The number of benzene rings is 2. The minimum atomic E-state index is -1.01. The van der Waals surface area contributed by atoms with E-state index in [2.05, 4.69) is 5.32 Å². The van der Waals surface area contributed by atoms with Crippen molar-refractivity contribution >= 4 is 23.7 Å². The first-order valence-corrected chi connectivity index (χ1v) is 13.3. The molecular formula is C29H36N4O5. The molecule has 2 aromatic rings. The van der Waals surface area contributed by atoms with E-state index in [1.54, 1.807) is 4.90 Å². The molecule has 0 radical (unpaired) electrons. The SMILES string of the molecule is N[C@@H](Cc1ccccc1)C(=O)NC(CC(=O)N1CCC[C@H]1C(=O)N1CCC[C@H]1C(=O)O)Cc1ccccc1. The van der Waals surface area contributed by atoms with Crippen LogP contribution in [0.3, 0.4) is 0 Å². The van der Waals surface area contributed by atoms with Gasteiger partial charge in [-0.2, -0.15) is 0 Å². The maximum atomic E-state index is 13.5. The smallest absolute Gasteiger partial charge is 0.326 e. The lowest BCUT2D eigenvalue weighted by molar-refractivity contribution is -0.151. The first kappa shape index (κ1) is 27.3. The van der Waals surface area contributed by atoms with Crippen molar-refractivity contribution in [2.75, 3.05) is 13.1 Å². The van der Waals surface area contributed by atoms with Gasteiger partial charge in [0.1, 0.15) is 12.1 Å². The van der Waals surface area contributed by atoms with Gasteiger partial charge in [-0.3, -0.25) is 14.4 Å². The Kier molecular flexibility index (Phi) is 9.12. The Morgan fingerprint density at radius 3 is 2.00 bits per heavy atom. The first-order valence-electron chi connectivity index (χ1n) is 13.3. The maximum absolute atomic E-state index is 13.5. The number of nitrogens with zero attached hydrogens (tertiary/aromatic N) is 2. The highest BCUT2D eigenvalue weighted by molar-refractivity contribution is 5.91. The summed E-state index contributed by atoms with van der Waals surface area (Å²) in [4.78, 5) is 54.4. The molecule has 2 fully saturated rings. The molecule has 0 bridgehead atoms. The zero-order chi connectivity index (χ0) is 27.1. The fourth-order valence-electron chi connectivity index (χ4n) is 5.47. The van der Waals surface area contributed by atoms with Crippen LogP contribution in [-0.4, -0.2) is 75.9 Å². The summed E-state index contributed by atoms with van der Waals surface area (Å²) in [6.07, 6.45) is 3.08. The monoisotopic (exact) mass is 520 g/mol. The number of carbonyl (C=O) groups excluding carboxylic acids is 3. The van der Waals surface area contributed by atoms with E-state index in [0.717, 1.165) is 11.1 Å². The predicted molar refractivity (Wildman–Crippen MR) is 142 cm³/mol. The number of carbonyl (C=O) groups is 4. The van der Waals surface area contributed by atoms with Gasteiger partial charge >= 0.3 is 5.97 Å². The third-order valence-corrected chi connectivity index (χ3v) is 7.41. The highest BCUT2D eigenvalue weighted by Gasteiger charge is 2.42. The molecule has 38 heavy (non-hydrogen) atoms. The van der Waals surface area contributed by atoms with Crippen molar-refractivity contribution in [2.24, 2.45) is 5.73 Å². The first-order chi connectivity index (χ1) is 18.3. The fraction of sp³-hybridized carbons (Fsp3) is 0.448. The van der Waals surface area contributed by atoms with Crippen LogP contribution in [0.15, 0.2) is 60.7 Å². The molecule has 4 rings (SSSR count). The molecule has 9 nitrogen and oxygen atoms in total. The summed E-state index contributed by atoms with van der Waals surface area (Å²) in [5, 5.41) is 12.5. The molecule has 202 valence electrons. The molecule has 2 aromatic carbocycles. The van der Waals surface area contributed by atoms with Gasteiger partial charge < -0.3 is 26.0 Å². The molecule has 9 heteroatoms. The summed E-state index contributed by atoms with van der Waals surface area (Å²) in [7, 11) is 0. The van der Waals surface area contributed by atoms with E-state index in [0.29, 0.717) is 51.6 Å². The van der Waals surface area contributed by atoms with Gasteiger partial charge in [-0.25, -0.2) is 4.79 Å². The summed E-state index contributed by atoms with van der Waals surface area (Å²) in [6.45, 7) is 0.820. The van der Waals surface area contributed by atoms with Crippen LogP contribution in [0, 0.1) is 0 Å². The molecular weight excluding hydrogens is 484 g/mol. The normalized spacial score (nSPS) is 20.7. The zero-order valence-corrected chi connectivity index (χ0v) is 21.5. The average Bonchev–Trinajstić information content (AvgIpc) is 3.60. The van der Waals surface area contributed by atoms with Gasteiger partial charge in [-0.05, 0) is 49.7 Å². The lowest BCUT2D eigenvalue weighted by Gasteiger charge is -2.31. The molecule has 4 atom stereocenters. The van der Waals surface area contributed by atoms with Crippen LogP contribution in [-0.2, 0) is 32.0 Å². The second kappa shape index (κ2) is 12.7. The lowest BCUT2D eigenvalue weighted by Crippen LogP contribution is -2.52. The van der Waals surface area contributed by atoms with Crippen LogP contribution in [0.5, 0.6) is 0 Å². The Labute approximate surface area is 223 Å². The van der Waals surface area contributed by atoms with Crippen molar-refractivity contribution in [3.63, 3.8) is 0 Å². The topological polar surface area (TPSA) is 133 Å². The number of carboxylic acid groups (broad SMARTS) is 1. The number of hydrogen-bond acceptors (Lipinski definition) is 5. The Bertz CT molecular complexity index is 1130. The van der Waals surface area contributed by atoms with E-state index in [-0.39, 0.29) is 24.1 Å². The number of nitrogens with two attached hydrogens (primary N) is 1. The third-order valence-electron chi connectivity index (χ3n) is 7.41. The molecule has 0 spiro atoms. The fourth-order valence-corrected chi connectivity index (χ4v) is 5.47. The zero-order valence-electron chi connectivity index (χ0n) is 21.5. The quantitative estimate of drug-likeness (QED) is 0.437. The predicted octanol–water partition coefficient (Wildman–Crippen LogP) is 1.74. The minimum Gasteiger partial charge on any atom is -0.480 e. The van der Waals surface area contributed by atoms with Gasteiger partial charge in [-0.1, -0.05) is 60.7 Å². The van der Waals surface area contributed by atoms with Gasteiger partial charge in [0.25, 0.3) is 0 Å². The molecule has 2 heterocycles. The van der Waals surface area contributed by atoms with Crippen molar-refractivity contribution in [2.45, 2.75) is 69.1 Å². The molecule has 2 saturated heterocycles. The van der Waals surface area contributed by atoms with Gasteiger partial charge in [0.05, 0.1) is 6.04 Å². The van der Waals surface area contributed by atoms with Crippen molar-refractivity contribution in [3.05, 3.63) is 71.8 Å². The summed E-state index contributed by atoms with van der Waals surface area (Å²) in [5.74, 6) is -1.87. The second-order valence-corrected chi connectivity index (χ2v) is 10.2. The summed E-state index contributed by atoms with van der Waals surface area (Å²) < 4.78 is 0. The van der Waals surface area contributed by atoms with Gasteiger partial charge in [0, 0.05) is 25.6 Å². The molecule has 1 unspecified atom stereocenters. The molecule has 3 amide bonds. The van der Waals surface area contributed by atoms with Crippen LogP contribution < -0.4 is 11.1 Å². The second-order valence-electron chi connectivity index (χ2n) is 10.2. The molecule has 2 aliphatic rings. The minimum absolute atomic E-state index is 0.0187. The van der Waals surface area contributed by atoms with E-state index < -0.39 is 30.1 Å². The van der Waals surface area contributed by atoms with E-state index in [1.165, 1.54) is 4.90 Å². The molecule has 4 N–H and O–H groups in total. The number of nitrogens with one attached hydrogen (secondary N) is 1. The van der Waals surface area contributed by atoms with E-state index in [9.17, 15) is 24.3 Å². The Morgan fingerprint density at radius 1 is 0.842 bits per heavy atom. The summed E-state index contributed by atoms with van der Waals surface area (Å²) >= 11 is 0. The number of aliphatic carboxylic acids is 1. The standard InChI is InChI=1S/C29H36N4O5/c30-23(18-21-11-5-2-6-12-21)27(35)31-22(17-20-9-3-1-4-10-20)19-26(34)32-15-7-13-24(32)28(36)33-16-8-14-25(33)29(37)38/h1-6,9-12,22-25H,7-8,13-19,30H2,(H,31,35)(H,37,38)/t22?,23-,24-,25-/m0/s1. The number of hydrogen-bond donors (Lipinski definition) is 3. The summed E-state index contributed by atoms with van der Waals surface area (Å²) in [6, 6.07) is 16.3. The molecule has 0 aromatic heterocycles. The van der Waals surface area contributed by atoms with Crippen molar-refractivity contribution in [3.8, 4) is 0 Å². The van der Waals surface area contributed by atoms with Gasteiger partial charge in [-0.15, -0.1) is 0 Å². The maximum Gasteiger partial charge on any atom is 0.326 e. The summed E-state index contributed by atoms with van der Waals surface area (Å²) in [5.41, 5.74) is 8.13. The third kappa shape index (κ3) is 6.77.